The number of carboxylic acids is 1. The fourth-order valence-corrected chi connectivity index (χ4v) is 6.72. The van der Waals surface area contributed by atoms with Crippen LogP contribution in [0, 0.1) is 28.6 Å². The molecule has 0 amide bonds. The van der Waals surface area contributed by atoms with E-state index in [1.165, 1.54) is 11.1 Å². The largest absolute Gasteiger partial charge is 0.481 e. The highest BCUT2D eigenvalue weighted by molar-refractivity contribution is 6.01. The number of aliphatic hydroxyl groups is 1. The monoisotopic (exact) mass is 356 g/mol. The number of carboxylic acid groups (broad SMARTS) is 1. The Bertz CT molecular complexity index is 745. The first-order valence-electron chi connectivity index (χ1n) is 9.79. The van der Waals surface area contributed by atoms with Crippen molar-refractivity contribution in [3.8, 4) is 0 Å². The molecule has 0 spiro atoms. The van der Waals surface area contributed by atoms with Gasteiger partial charge in [0.05, 0.1) is 12.5 Å². The molecule has 0 aromatic rings. The summed E-state index contributed by atoms with van der Waals surface area (Å²) < 4.78 is 0. The maximum absolute atomic E-state index is 11.8. The Morgan fingerprint density at radius 3 is 2.81 bits per heavy atom. The molecule has 0 aromatic carbocycles. The lowest BCUT2D eigenvalue weighted by atomic mass is 9.47. The van der Waals surface area contributed by atoms with Crippen LogP contribution in [-0.2, 0) is 9.59 Å². The van der Waals surface area contributed by atoms with Gasteiger partial charge in [0.15, 0.2) is 5.78 Å². The summed E-state index contributed by atoms with van der Waals surface area (Å²) >= 11 is 0. The molecule has 6 atom stereocenters. The molecule has 1 unspecified atom stereocenters. The number of hydrogen-bond acceptors (Lipinski definition) is 3. The lowest BCUT2D eigenvalue weighted by molar-refractivity contribution is -0.136. The van der Waals surface area contributed by atoms with Crippen LogP contribution in [0.1, 0.15) is 52.4 Å². The van der Waals surface area contributed by atoms with Gasteiger partial charge in [-0.25, -0.2) is 0 Å². The number of carbonyl (C=O) groups excluding carboxylic acids is 1. The van der Waals surface area contributed by atoms with Crippen LogP contribution >= 0.6 is 0 Å². The lowest BCUT2D eigenvalue weighted by Gasteiger charge is -2.58. The minimum absolute atomic E-state index is 0.0609. The number of aliphatic carboxylic acids is 1. The Hall–Kier alpha value is -1.68. The van der Waals surface area contributed by atoms with Gasteiger partial charge in [-0.1, -0.05) is 37.1 Å². The quantitative estimate of drug-likeness (QED) is 0.741. The number of aliphatic hydroxyl groups excluding tert-OH is 1. The molecule has 2 N–H and O–H groups in total. The van der Waals surface area contributed by atoms with Gasteiger partial charge in [-0.2, -0.15) is 0 Å². The van der Waals surface area contributed by atoms with Gasteiger partial charge >= 0.3 is 5.97 Å². The van der Waals surface area contributed by atoms with Gasteiger partial charge in [-0.15, -0.1) is 0 Å². The molecule has 4 aliphatic rings. The predicted molar refractivity (Wildman–Crippen MR) is 98.3 cm³/mol. The third kappa shape index (κ3) is 2.45. The average Bonchev–Trinajstić information content (AvgIpc) is 2.89. The Kier molecular flexibility index (Phi) is 4.03. The molecular formula is C22H28O4. The molecule has 26 heavy (non-hydrogen) atoms. The van der Waals surface area contributed by atoms with Crippen LogP contribution in [-0.4, -0.2) is 28.1 Å². The van der Waals surface area contributed by atoms with Crippen LogP contribution in [0.15, 0.2) is 35.5 Å². The first kappa shape index (κ1) is 17.7. The van der Waals surface area contributed by atoms with Crippen molar-refractivity contribution in [2.24, 2.45) is 28.6 Å². The summed E-state index contributed by atoms with van der Waals surface area (Å²) in [5, 5.41) is 20.2. The summed E-state index contributed by atoms with van der Waals surface area (Å²) in [6.07, 6.45) is 11.6. The average molecular weight is 356 g/mol. The molecular weight excluding hydrogens is 328 g/mol. The fraction of sp³-hybridized carbons (Fsp3) is 0.636. The molecule has 3 saturated carbocycles. The van der Waals surface area contributed by atoms with Crippen molar-refractivity contribution in [1.82, 2.24) is 0 Å². The third-order valence-corrected chi connectivity index (χ3v) is 7.87. The van der Waals surface area contributed by atoms with Crippen LogP contribution in [0.4, 0.5) is 0 Å². The van der Waals surface area contributed by atoms with E-state index in [-0.39, 0.29) is 29.0 Å². The first-order valence-corrected chi connectivity index (χ1v) is 9.79. The van der Waals surface area contributed by atoms with Crippen LogP contribution in [0.5, 0.6) is 0 Å². The van der Waals surface area contributed by atoms with Crippen molar-refractivity contribution in [3.05, 3.63) is 35.5 Å². The molecule has 4 aliphatic carbocycles. The summed E-state index contributed by atoms with van der Waals surface area (Å²) in [6.45, 7) is 4.41. The Morgan fingerprint density at radius 2 is 2.08 bits per heavy atom. The van der Waals surface area contributed by atoms with Crippen LogP contribution in [0.25, 0.3) is 0 Å². The second-order valence-corrected chi connectivity index (χ2v) is 9.08. The first-order chi connectivity index (χ1) is 12.3. The van der Waals surface area contributed by atoms with Gasteiger partial charge in [0.1, 0.15) is 0 Å². The van der Waals surface area contributed by atoms with E-state index in [4.69, 9.17) is 5.11 Å². The molecule has 0 aromatic heterocycles. The molecule has 4 rings (SSSR count). The number of allylic oxidation sites excluding steroid dienone is 5. The van der Waals surface area contributed by atoms with Gasteiger partial charge in [0.2, 0.25) is 0 Å². The van der Waals surface area contributed by atoms with Crippen molar-refractivity contribution in [2.75, 3.05) is 0 Å². The zero-order valence-electron chi connectivity index (χ0n) is 15.6. The molecule has 0 aliphatic heterocycles. The van der Waals surface area contributed by atoms with Crippen molar-refractivity contribution < 1.29 is 19.8 Å². The standard InChI is InChI=1S/C22H28O4/c1-21-10-9-15(23)11-14(21)3-6-16-17-7-4-13(5-8-19(25)26)22(17,2)12-18(24)20(16)21/h5,9-11,16-18,20,24H,3-4,6-8,12H2,1-2H3,(H,25,26)/t16-,17-,18?,20+,21-,22+/m0/s1. The third-order valence-electron chi connectivity index (χ3n) is 7.87. The van der Waals surface area contributed by atoms with Gasteiger partial charge in [0.25, 0.3) is 0 Å². The summed E-state index contributed by atoms with van der Waals surface area (Å²) in [5.41, 5.74) is 2.07. The normalized spacial score (nSPS) is 45.7. The maximum atomic E-state index is 11.8. The number of carbonyl (C=O) groups is 2. The smallest absolute Gasteiger partial charge is 0.307 e. The minimum Gasteiger partial charge on any atom is -0.481 e. The van der Waals surface area contributed by atoms with Crippen molar-refractivity contribution >= 4 is 11.8 Å². The summed E-state index contributed by atoms with van der Waals surface area (Å²) in [6, 6.07) is 0. The zero-order chi connectivity index (χ0) is 18.7. The SMILES string of the molecule is C[C@]12C=CC(=O)C=C1CC[C@@H]1[C@@H]2C(O)C[C@]2(C)C(=CCC(=O)O)CC[C@@H]12. The molecule has 4 heteroatoms. The highest BCUT2D eigenvalue weighted by atomic mass is 16.4. The number of fused-ring (bicyclic) bond motifs is 5. The van der Waals surface area contributed by atoms with Gasteiger partial charge in [-0.05, 0) is 61.5 Å². The number of hydrogen-bond donors (Lipinski definition) is 2. The lowest BCUT2D eigenvalue weighted by Crippen LogP contribution is -2.55. The topological polar surface area (TPSA) is 74.6 Å². The zero-order valence-corrected chi connectivity index (χ0v) is 15.6. The molecule has 0 saturated heterocycles. The molecule has 0 radical (unpaired) electrons. The second kappa shape index (κ2) is 5.91. The van der Waals surface area contributed by atoms with E-state index in [1.807, 2.05) is 12.2 Å². The highest BCUT2D eigenvalue weighted by Crippen LogP contribution is 2.65. The van der Waals surface area contributed by atoms with E-state index >= 15 is 0 Å². The second-order valence-electron chi connectivity index (χ2n) is 9.08. The fourth-order valence-electron chi connectivity index (χ4n) is 6.72. The van der Waals surface area contributed by atoms with E-state index in [9.17, 15) is 14.7 Å². The Morgan fingerprint density at radius 1 is 1.31 bits per heavy atom. The molecule has 3 fully saturated rings. The highest BCUT2D eigenvalue weighted by Gasteiger charge is 2.60. The summed E-state index contributed by atoms with van der Waals surface area (Å²) in [7, 11) is 0. The number of rotatable bonds is 2. The maximum Gasteiger partial charge on any atom is 0.307 e. The van der Waals surface area contributed by atoms with E-state index < -0.39 is 12.1 Å². The van der Waals surface area contributed by atoms with Crippen molar-refractivity contribution in [1.29, 1.82) is 0 Å². The molecule has 4 nitrogen and oxygen atoms in total. The minimum atomic E-state index is -0.796. The summed E-state index contributed by atoms with van der Waals surface area (Å²) in [5.74, 6) is 0.310. The number of ketones is 1. The van der Waals surface area contributed by atoms with Crippen LogP contribution < -0.4 is 0 Å². The van der Waals surface area contributed by atoms with Gasteiger partial charge in [-0.3, -0.25) is 9.59 Å². The van der Waals surface area contributed by atoms with Crippen LogP contribution in [0.3, 0.4) is 0 Å². The Balaban J connectivity index is 1.69. The van der Waals surface area contributed by atoms with Crippen molar-refractivity contribution in [3.63, 3.8) is 0 Å². The Labute approximate surface area is 154 Å². The molecule has 0 bridgehead atoms. The van der Waals surface area contributed by atoms with E-state index in [0.717, 1.165) is 25.7 Å². The van der Waals surface area contributed by atoms with Gasteiger partial charge in [0, 0.05) is 11.3 Å². The van der Waals surface area contributed by atoms with E-state index in [0.29, 0.717) is 18.3 Å². The van der Waals surface area contributed by atoms with Crippen LogP contribution in [0.2, 0.25) is 0 Å². The predicted octanol–water partition coefficient (Wildman–Crippen LogP) is 3.67. The molecule has 140 valence electrons. The van der Waals surface area contributed by atoms with E-state index in [1.54, 1.807) is 12.2 Å². The molecule has 0 heterocycles. The summed E-state index contributed by atoms with van der Waals surface area (Å²) in [4.78, 5) is 22.8. The van der Waals surface area contributed by atoms with Gasteiger partial charge < -0.3 is 10.2 Å². The van der Waals surface area contributed by atoms with Crippen molar-refractivity contribution in [2.45, 2.75) is 58.5 Å². The van der Waals surface area contributed by atoms with E-state index in [2.05, 4.69) is 13.8 Å².